The maximum atomic E-state index is 12.7. The summed E-state index contributed by atoms with van der Waals surface area (Å²) < 4.78 is 32.0. The van der Waals surface area contributed by atoms with Crippen LogP contribution in [0, 0.1) is 6.07 Å². The van der Waals surface area contributed by atoms with Crippen LogP contribution in [0.1, 0.15) is 15.9 Å². The van der Waals surface area contributed by atoms with E-state index in [0.717, 1.165) is 38.5 Å². The average molecular weight is 441 g/mol. The zero-order valence-electron chi connectivity index (χ0n) is 17.5. The molecule has 0 spiro atoms. The lowest BCUT2D eigenvalue weighted by Crippen LogP contribution is -2.11. The first kappa shape index (κ1) is 20.7. The Balaban J connectivity index is 1.73. The topological polar surface area (TPSA) is 57.2 Å². The highest BCUT2D eigenvalue weighted by Crippen LogP contribution is 2.35. The Morgan fingerprint density at radius 2 is 1.73 bits per heavy atom. The lowest BCUT2D eigenvalue weighted by Gasteiger charge is -2.11. The summed E-state index contributed by atoms with van der Waals surface area (Å²) in [4.78, 5) is 12.2. The number of rotatable bonds is 6. The van der Waals surface area contributed by atoms with Crippen LogP contribution in [0.3, 0.4) is 0 Å². The largest absolute Gasteiger partial charge is 0.435 e. The van der Waals surface area contributed by atoms with Crippen LogP contribution in [-0.4, -0.2) is 17.1 Å². The number of hydrogen-bond acceptors (Lipinski definition) is 2. The molecule has 1 aromatic heterocycles. The van der Waals surface area contributed by atoms with Gasteiger partial charge in [0.1, 0.15) is 5.75 Å². The molecule has 1 amide bonds. The molecule has 5 aromatic rings. The van der Waals surface area contributed by atoms with Gasteiger partial charge in [-0.2, -0.15) is 8.78 Å². The first-order chi connectivity index (χ1) is 16.0. The summed E-state index contributed by atoms with van der Waals surface area (Å²) in [5.41, 5.74) is 10.5. The predicted molar refractivity (Wildman–Crippen MR) is 124 cm³/mol. The summed E-state index contributed by atoms with van der Waals surface area (Å²) in [5.74, 6) is -0.426. The Labute approximate surface area is 188 Å². The van der Waals surface area contributed by atoms with Gasteiger partial charge >= 0.3 is 6.61 Å². The van der Waals surface area contributed by atoms with E-state index in [1.807, 2.05) is 59.2 Å². The molecule has 5 rings (SSSR count). The first-order valence-electron chi connectivity index (χ1n) is 10.4. The summed E-state index contributed by atoms with van der Waals surface area (Å²) in [6.07, 6.45) is 0. The Kier molecular flexibility index (Phi) is 5.26. The van der Waals surface area contributed by atoms with Crippen LogP contribution in [0.25, 0.3) is 32.9 Å². The van der Waals surface area contributed by atoms with Crippen molar-refractivity contribution in [3.8, 4) is 16.9 Å². The molecule has 0 aliphatic carbocycles. The van der Waals surface area contributed by atoms with E-state index in [9.17, 15) is 13.6 Å². The van der Waals surface area contributed by atoms with Gasteiger partial charge in [-0.05, 0) is 59.2 Å². The molecular weight excluding hydrogens is 422 g/mol. The quantitative estimate of drug-likeness (QED) is 0.351. The van der Waals surface area contributed by atoms with E-state index in [4.69, 9.17) is 5.73 Å². The molecule has 1 heterocycles. The van der Waals surface area contributed by atoms with E-state index < -0.39 is 12.5 Å². The fraction of sp³-hybridized carbons (Fsp3) is 0.0741. The minimum absolute atomic E-state index is 0.0950. The molecule has 0 bridgehead atoms. The average Bonchev–Trinajstić information content (AvgIpc) is 3.12. The Morgan fingerprint density at radius 3 is 2.48 bits per heavy atom. The number of carbonyl (C=O) groups is 1. The monoisotopic (exact) mass is 441 g/mol. The Bertz CT molecular complexity index is 1480. The van der Waals surface area contributed by atoms with Gasteiger partial charge in [0, 0.05) is 22.9 Å². The zero-order chi connectivity index (χ0) is 22.9. The van der Waals surface area contributed by atoms with Crippen molar-refractivity contribution in [2.45, 2.75) is 13.2 Å². The van der Waals surface area contributed by atoms with Crippen molar-refractivity contribution in [2.75, 3.05) is 0 Å². The molecule has 0 aliphatic rings. The number of halogens is 2. The van der Waals surface area contributed by atoms with Crippen LogP contribution in [0.5, 0.6) is 5.75 Å². The van der Waals surface area contributed by atoms with E-state index in [0.29, 0.717) is 12.1 Å². The lowest BCUT2D eigenvalue weighted by atomic mass is 10.0. The number of ether oxygens (including phenoxy) is 1. The van der Waals surface area contributed by atoms with Crippen LogP contribution in [0.4, 0.5) is 8.78 Å². The third-order valence-electron chi connectivity index (χ3n) is 5.63. The molecule has 0 fully saturated rings. The van der Waals surface area contributed by atoms with Crippen molar-refractivity contribution in [1.29, 1.82) is 0 Å². The number of carbonyl (C=O) groups excluding carboxylic acids is 1. The number of amides is 1. The van der Waals surface area contributed by atoms with E-state index in [-0.39, 0.29) is 5.75 Å². The number of primary amides is 1. The van der Waals surface area contributed by atoms with Gasteiger partial charge in [0.25, 0.3) is 0 Å². The summed E-state index contributed by atoms with van der Waals surface area (Å²) in [5, 5.41) is 1.50. The highest BCUT2D eigenvalue weighted by atomic mass is 19.3. The number of alkyl halides is 2. The van der Waals surface area contributed by atoms with Gasteiger partial charge in [0.2, 0.25) is 5.91 Å². The van der Waals surface area contributed by atoms with E-state index >= 15 is 0 Å². The molecule has 0 saturated heterocycles. The standard InChI is InChI=1S/C27H19F2N2O2/c28-27(29)33-20-9-4-6-17(14-20)16-31-23-11-5-10-22(26(30)32)25(23)21-13-12-19(15-24(21)31)18-7-2-1-3-8-18/h1-12,14-15,27H,16H2,(H2,30,32). The summed E-state index contributed by atoms with van der Waals surface area (Å²) >= 11 is 0. The summed E-state index contributed by atoms with van der Waals surface area (Å²) in [7, 11) is 0. The van der Waals surface area contributed by atoms with Crippen LogP contribution in [0.15, 0.2) is 84.9 Å². The lowest BCUT2D eigenvalue weighted by molar-refractivity contribution is -0.0498. The van der Waals surface area contributed by atoms with Crippen LogP contribution in [0.2, 0.25) is 0 Å². The van der Waals surface area contributed by atoms with Gasteiger partial charge < -0.3 is 15.0 Å². The SMILES string of the molecule is NC(=O)c1cccc2c1c1[c]cc(-c3ccccc3)cc1n2Cc1cccc(OC(F)F)c1. The third-order valence-corrected chi connectivity index (χ3v) is 5.63. The van der Waals surface area contributed by atoms with Gasteiger partial charge in [-0.3, -0.25) is 4.79 Å². The molecule has 0 aliphatic heterocycles. The normalized spacial score (nSPS) is 11.4. The van der Waals surface area contributed by atoms with Crippen molar-refractivity contribution < 1.29 is 18.3 Å². The zero-order valence-corrected chi connectivity index (χ0v) is 17.5. The molecule has 1 radical (unpaired) electrons. The van der Waals surface area contributed by atoms with Gasteiger partial charge in [-0.1, -0.05) is 48.5 Å². The Hall–Kier alpha value is -4.19. The second-order valence-corrected chi connectivity index (χ2v) is 7.69. The number of aromatic nitrogens is 1. The predicted octanol–water partition coefficient (Wildman–Crippen LogP) is 6.01. The van der Waals surface area contributed by atoms with Crippen molar-refractivity contribution in [2.24, 2.45) is 5.73 Å². The highest BCUT2D eigenvalue weighted by Gasteiger charge is 2.18. The third kappa shape index (κ3) is 3.91. The molecule has 33 heavy (non-hydrogen) atoms. The number of nitrogens with two attached hydrogens (primary N) is 1. The fourth-order valence-electron chi connectivity index (χ4n) is 4.23. The molecule has 6 heteroatoms. The molecule has 4 aromatic carbocycles. The number of nitrogens with zero attached hydrogens (tertiary/aromatic N) is 1. The smallest absolute Gasteiger partial charge is 0.387 e. The van der Waals surface area contributed by atoms with Crippen LogP contribution in [-0.2, 0) is 6.54 Å². The van der Waals surface area contributed by atoms with Crippen LogP contribution < -0.4 is 10.5 Å². The van der Waals surface area contributed by atoms with Gasteiger partial charge in [-0.15, -0.1) is 0 Å². The van der Waals surface area contributed by atoms with Gasteiger partial charge in [-0.25, -0.2) is 0 Å². The molecular formula is C27H19F2N2O2. The highest BCUT2D eigenvalue weighted by molar-refractivity contribution is 6.18. The van der Waals surface area contributed by atoms with Crippen molar-refractivity contribution in [1.82, 2.24) is 4.57 Å². The molecule has 163 valence electrons. The summed E-state index contributed by atoms with van der Waals surface area (Å²) in [6.45, 7) is -2.51. The van der Waals surface area contributed by atoms with E-state index in [1.165, 1.54) is 6.07 Å². The fourth-order valence-corrected chi connectivity index (χ4v) is 4.23. The number of benzene rings is 4. The molecule has 0 unspecified atom stereocenters. The maximum absolute atomic E-state index is 12.7. The maximum Gasteiger partial charge on any atom is 0.387 e. The van der Waals surface area contributed by atoms with E-state index in [2.05, 4.69) is 10.8 Å². The minimum Gasteiger partial charge on any atom is -0.435 e. The molecule has 0 atom stereocenters. The minimum atomic E-state index is -2.89. The van der Waals surface area contributed by atoms with Gasteiger partial charge in [0.15, 0.2) is 0 Å². The van der Waals surface area contributed by atoms with Crippen molar-refractivity contribution in [3.05, 3.63) is 102 Å². The number of hydrogen-bond donors (Lipinski definition) is 1. The number of fused-ring (bicyclic) bond motifs is 3. The molecule has 2 N–H and O–H groups in total. The van der Waals surface area contributed by atoms with Crippen molar-refractivity contribution >= 4 is 27.7 Å². The van der Waals surface area contributed by atoms with Crippen molar-refractivity contribution in [3.63, 3.8) is 0 Å². The van der Waals surface area contributed by atoms with Crippen LogP contribution >= 0.6 is 0 Å². The Morgan fingerprint density at radius 1 is 0.939 bits per heavy atom. The second-order valence-electron chi connectivity index (χ2n) is 7.69. The second kappa shape index (κ2) is 8.39. The summed E-state index contributed by atoms with van der Waals surface area (Å²) in [6, 6.07) is 29.2. The van der Waals surface area contributed by atoms with Gasteiger partial charge in [0.05, 0.1) is 11.0 Å². The first-order valence-corrected chi connectivity index (χ1v) is 10.4. The van der Waals surface area contributed by atoms with E-state index in [1.54, 1.807) is 24.3 Å². The molecule has 0 saturated carbocycles. The molecule has 4 nitrogen and oxygen atoms in total.